The molecule has 0 fully saturated rings. The molecule has 2 unspecified atom stereocenters. The van der Waals surface area contributed by atoms with Crippen LogP contribution in [0.15, 0.2) is 0 Å². The van der Waals surface area contributed by atoms with Crippen LogP contribution in [-0.4, -0.2) is 45.6 Å². The number of hydrogen-bond donors (Lipinski definition) is 2. The summed E-state index contributed by atoms with van der Waals surface area (Å²) in [6.07, 6.45) is 0.187. The van der Waals surface area contributed by atoms with E-state index < -0.39 is 0 Å². The average molecular weight is 218 g/mol. The van der Waals surface area contributed by atoms with Crippen molar-refractivity contribution >= 4 is 0 Å². The quantitative estimate of drug-likeness (QED) is 0.627. The van der Waals surface area contributed by atoms with E-state index in [1.54, 1.807) is 14.2 Å². The van der Waals surface area contributed by atoms with Gasteiger partial charge in [0.25, 0.3) is 0 Å². The van der Waals surface area contributed by atoms with E-state index in [2.05, 4.69) is 19.2 Å². The monoisotopic (exact) mass is 218 g/mol. The van der Waals surface area contributed by atoms with Gasteiger partial charge in [-0.2, -0.15) is 0 Å². The molecule has 0 radical (unpaired) electrons. The zero-order valence-corrected chi connectivity index (χ0v) is 10.7. The molecule has 0 aliphatic carbocycles. The average Bonchev–Trinajstić information content (AvgIpc) is 2.23. The van der Waals surface area contributed by atoms with Crippen molar-refractivity contribution in [3.05, 3.63) is 0 Å². The first-order valence-corrected chi connectivity index (χ1v) is 5.49. The van der Waals surface area contributed by atoms with Crippen molar-refractivity contribution in [2.24, 2.45) is 11.7 Å². The highest BCUT2D eigenvalue weighted by molar-refractivity contribution is 4.92. The van der Waals surface area contributed by atoms with Crippen molar-refractivity contribution in [2.75, 3.05) is 33.9 Å². The van der Waals surface area contributed by atoms with Gasteiger partial charge in [-0.3, -0.25) is 0 Å². The lowest BCUT2D eigenvalue weighted by atomic mass is 9.87. The maximum Gasteiger partial charge on any atom is 0.0667 e. The third-order valence-electron chi connectivity index (χ3n) is 3.02. The fourth-order valence-electron chi connectivity index (χ4n) is 1.48. The molecule has 3 N–H and O–H groups in total. The molecule has 0 aromatic heterocycles. The molecular weight excluding hydrogens is 192 g/mol. The van der Waals surface area contributed by atoms with Gasteiger partial charge in [-0.05, 0) is 12.8 Å². The van der Waals surface area contributed by atoms with Gasteiger partial charge in [-0.1, -0.05) is 13.8 Å². The summed E-state index contributed by atoms with van der Waals surface area (Å²) < 4.78 is 10.4. The minimum atomic E-state index is -0.151. The van der Waals surface area contributed by atoms with E-state index in [1.165, 1.54) is 0 Å². The summed E-state index contributed by atoms with van der Waals surface area (Å²) in [6, 6.07) is 0. The van der Waals surface area contributed by atoms with Crippen molar-refractivity contribution < 1.29 is 9.47 Å². The minimum absolute atomic E-state index is 0.151. The van der Waals surface area contributed by atoms with E-state index in [-0.39, 0.29) is 11.6 Å². The van der Waals surface area contributed by atoms with Gasteiger partial charge >= 0.3 is 0 Å². The van der Waals surface area contributed by atoms with Crippen molar-refractivity contribution in [1.29, 1.82) is 0 Å². The Labute approximate surface area is 93.5 Å². The number of methoxy groups -OCH3 is 2. The van der Waals surface area contributed by atoms with Gasteiger partial charge < -0.3 is 20.5 Å². The molecule has 15 heavy (non-hydrogen) atoms. The van der Waals surface area contributed by atoms with E-state index >= 15 is 0 Å². The summed E-state index contributed by atoms with van der Waals surface area (Å²) >= 11 is 0. The van der Waals surface area contributed by atoms with Crippen LogP contribution in [0.1, 0.15) is 20.8 Å². The van der Waals surface area contributed by atoms with Gasteiger partial charge in [0.15, 0.2) is 0 Å². The van der Waals surface area contributed by atoms with Gasteiger partial charge in [-0.15, -0.1) is 0 Å². The Kier molecular flexibility index (Phi) is 7.09. The van der Waals surface area contributed by atoms with Crippen LogP contribution < -0.4 is 11.1 Å². The van der Waals surface area contributed by atoms with Crippen molar-refractivity contribution in [2.45, 2.75) is 32.4 Å². The van der Waals surface area contributed by atoms with Gasteiger partial charge in [0.05, 0.1) is 18.2 Å². The predicted octanol–water partition coefficient (Wildman–Crippen LogP) is 0.611. The van der Waals surface area contributed by atoms with Crippen LogP contribution in [0.2, 0.25) is 0 Å². The number of nitrogens with one attached hydrogen (secondary N) is 1. The molecule has 0 aliphatic rings. The van der Waals surface area contributed by atoms with Crippen molar-refractivity contribution in [1.82, 2.24) is 5.32 Å². The molecule has 4 heteroatoms. The number of hydrogen-bond acceptors (Lipinski definition) is 4. The molecule has 0 aliphatic heterocycles. The SMILES string of the molecule is COCC(CN)(NCC(C)OC)C(C)C. The standard InChI is InChI=1S/C11H26N2O2/c1-9(2)11(7-12,8-14-4)13-6-10(3)15-5/h9-10,13H,6-8,12H2,1-5H3. The summed E-state index contributed by atoms with van der Waals surface area (Å²) in [7, 11) is 3.41. The van der Waals surface area contributed by atoms with E-state index in [0.29, 0.717) is 19.1 Å². The second-order valence-corrected chi connectivity index (χ2v) is 4.38. The first kappa shape index (κ1) is 14.8. The van der Waals surface area contributed by atoms with Crippen LogP contribution in [0.5, 0.6) is 0 Å². The van der Waals surface area contributed by atoms with Crippen LogP contribution in [0, 0.1) is 5.92 Å². The zero-order valence-electron chi connectivity index (χ0n) is 10.7. The third kappa shape index (κ3) is 4.47. The van der Waals surface area contributed by atoms with Crippen LogP contribution in [0.3, 0.4) is 0 Å². The lowest BCUT2D eigenvalue weighted by molar-refractivity contribution is 0.0591. The molecule has 0 rings (SSSR count). The van der Waals surface area contributed by atoms with Crippen LogP contribution in [0.4, 0.5) is 0 Å². The molecule has 0 bridgehead atoms. The number of nitrogens with two attached hydrogens (primary N) is 1. The Bertz CT molecular complexity index is 165. The van der Waals surface area contributed by atoms with E-state index in [0.717, 1.165) is 6.54 Å². The zero-order chi connectivity index (χ0) is 11.9. The fraction of sp³-hybridized carbons (Fsp3) is 1.00. The highest BCUT2D eigenvalue weighted by atomic mass is 16.5. The normalized spacial score (nSPS) is 17.8. The van der Waals surface area contributed by atoms with E-state index in [9.17, 15) is 0 Å². The lowest BCUT2D eigenvalue weighted by Gasteiger charge is -2.37. The van der Waals surface area contributed by atoms with Crippen molar-refractivity contribution in [3.8, 4) is 0 Å². The van der Waals surface area contributed by atoms with Gasteiger partial charge in [-0.25, -0.2) is 0 Å². The predicted molar refractivity (Wildman–Crippen MR) is 63.0 cm³/mol. The summed E-state index contributed by atoms with van der Waals surface area (Å²) in [5.74, 6) is 0.423. The highest BCUT2D eigenvalue weighted by Crippen LogP contribution is 2.16. The molecular formula is C11H26N2O2. The maximum atomic E-state index is 5.84. The number of rotatable bonds is 8. The minimum Gasteiger partial charge on any atom is -0.383 e. The molecule has 0 aromatic rings. The van der Waals surface area contributed by atoms with Crippen LogP contribution in [-0.2, 0) is 9.47 Å². The molecule has 0 amide bonds. The van der Waals surface area contributed by atoms with Gasteiger partial charge in [0.2, 0.25) is 0 Å². The Balaban J connectivity index is 4.34. The molecule has 0 spiro atoms. The Morgan fingerprint density at radius 3 is 2.20 bits per heavy atom. The highest BCUT2D eigenvalue weighted by Gasteiger charge is 2.32. The molecule has 92 valence electrons. The second-order valence-electron chi connectivity index (χ2n) is 4.38. The third-order valence-corrected chi connectivity index (χ3v) is 3.02. The molecule has 0 saturated carbocycles. The smallest absolute Gasteiger partial charge is 0.0667 e. The topological polar surface area (TPSA) is 56.5 Å². The molecule has 0 saturated heterocycles. The van der Waals surface area contributed by atoms with E-state index in [1.807, 2.05) is 6.92 Å². The Hall–Kier alpha value is -0.160. The van der Waals surface area contributed by atoms with Gasteiger partial charge in [0.1, 0.15) is 0 Å². The molecule has 2 atom stereocenters. The molecule has 4 nitrogen and oxygen atoms in total. The summed E-state index contributed by atoms with van der Waals surface area (Å²) in [6.45, 7) is 8.30. The molecule has 0 aromatic carbocycles. The Morgan fingerprint density at radius 1 is 1.27 bits per heavy atom. The fourth-order valence-corrected chi connectivity index (χ4v) is 1.48. The van der Waals surface area contributed by atoms with E-state index in [4.69, 9.17) is 15.2 Å². The van der Waals surface area contributed by atoms with Crippen LogP contribution in [0.25, 0.3) is 0 Å². The Morgan fingerprint density at radius 2 is 1.87 bits per heavy atom. The largest absolute Gasteiger partial charge is 0.383 e. The second kappa shape index (κ2) is 7.17. The van der Waals surface area contributed by atoms with Crippen molar-refractivity contribution in [3.63, 3.8) is 0 Å². The van der Waals surface area contributed by atoms with Gasteiger partial charge in [0, 0.05) is 27.3 Å². The lowest BCUT2D eigenvalue weighted by Crippen LogP contribution is -2.59. The summed E-state index contributed by atoms with van der Waals surface area (Å²) in [4.78, 5) is 0. The maximum absolute atomic E-state index is 5.84. The first-order chi connectivity index (χ1) is 7.02. The summed E-state index contributed by atoms with van der Waals surface area (Å²) in [5, 5.41) is 3.46. The first-order valence-electron chi connectivity index (χ1n) is 5.49. The molecule has 0 heterocycles. The summed E-state index contributed by atoms with van der Waals surface area (Å²) in [5.41, 5.74) is 5.69. The number of ether oxygens (including phenoxy) is 2. The van der Waals surface area contributed by atoms with Crippen LogP contribution >= 0.6 is 0 Å².